The van der Waals surface area contributed by atoms with Gasteiger partial charge in [-0.15, -0.1) is 0 Å². The number of hydrogen-bond donors (Lipinski definition) is 2. The Labute approximate surface area is 169 Å². The molecule has 2 aromatic rings. The fourth-order valence-corrected chi connectivity index (χ4v) is 3.35. The van der Waals surface area contributed by atoms with Gasteiger partial charge in [0.15, 0.2) is 0 Å². The quantitative estimate of drug-likeness (QED) is 0.792. The number of nitrogens with one attached hydrogen (secondary N) is 2. The van der Waals surface area contributed by atoms with E-state index in [0.29, 0.717) is 42.5 Å². The SMILES string of the molecule is CN(Cc1ccc(C(=O)NC2CC2)cc1)C(=O)c1cccc(N2CCNC2=O)c1. The summed E-state index contributed by atoms with van der Waals surface area (Å²) in [7, 11) is 1.74. The first kappa shape index (κ1) is 19.0. The molecule has 29 heavy (non-hydrogen) atoms. The standard InChI is InChI=1S/C22H24N4O3/c1-25(14-15-5-7-16(8-6-15)20(27)24-18-9-10-18)21(28)17-3-2-4-19(13-17)26-12-11-23-22(26)29/h2-8,13,18H,9-12,14H2,1H3,(H,23,29)(H,24,27). The highest BCUT2D eigenvalue weighted by atomic mass is 16.2. The van der Waals surface area contributed by atoms with Crippen LogP contribution in [0.1, 0.15) is 39.1 Å². The van der Waals surface area contributed by atoms with Crippen molar-refractivity contribution in [3.05, 3.63) is 65.2 Å². The number of carbonyl (C=O) groups excluding carboxylic acids is 3. The molecule has 2 aliphatic rings. The molecule has 150 valence electrons. The van der Waals surface area contributed by atoms with E-state index in [2.05, 4.69) is 10.6 Å². The molecule has 1 saturated carbocycles. The largest absolute Gasteiger partial charge is 0.349 e. The Morgan fingerprint density at radius 1 is 1.14 bits per heavy atom. The van der Waals surface area contributed by atoms with Gasteiger partial charge in [0.2, 0.25) is 0 Å². The zero-order valence-corrected chi connectivity index (χ0v) is 16.4. The Kier molecular flexibility index (Phi) is 5.20. The van der Waals surface area contributed by atoms with Crippen molar-refractivity contribution in [1.82, 2.24) is 15.5 Å². The third kappa shape index (κ3) is 4.39. The van der Waals surface area contributed by atoms with Gasteiger partial charge in [0.25, 0.3) is 11.8 Å². The van der Waals surface area contributed by atoms with Crippen molar-refractivity contribution in [2.24, 2.45) is 0 Å². The summed E-state index contributed by atoms with van der Waals surface area (Å²) in [6, 6.07) is 14.6. The first-order chi connectivity index (χ1) is 14.0. The topological polar surface area (TPSA) is 81.8 Å². The van der Waals surface area contributed by atoms with Crippen LogP contribution >= 0.6 is 0 Å². The van der Waals surface area contributed by atoms with Crippen molar-refractivity contribution >= 4 is 23.5 Å². The molecule has 7 heteroatoms. The summed E-state index contributed by atoms with van der Waals surface area (Å²) in [4.78, 5) is 40.0. The van der Waals surface area contributed by atoms with Crippen molar-refractivity contribution < 1.29 is 14.4 Å². The van der Waals surface area contributed by atoms with E-state index in [1.54, 1.807) is 47.2 Å². The number of carbonyl (C=O) groups is 3. The lowest BCUT2D eigenvalue weighted by Gasteiger charge is -2.19. The second kappa shape index (κ2) is 7.95. The molecule has 1 aliphatic carbocycles. The molecule has 7 nitrogen and oxygen atoms in total. The van der Waals surface area contributed by atoms with E-state index in [4.69, 9.17) is 0 Å². The summed E-state index contributed by atoms with van der Waals surface area (Å²) in [5.74, 6) is -0.173. The summed E-state index contributed by atoms with van der Waals surface area (Å²) in [5.41, 5.74) is 2.82. The number of hydrogen-bond acceptors (Lipinski definition) is 3. The maximum Gasteiger partial charge on any atom is 0.321 e. The maximum absolute atomic E-state index is 12.8. The molecule has 0 bridgehead atoms. The van der Waals surface area contributed by atoms with Crippen molar-refractivity contribution in [1.29, 1.82) is 0 Å². The van der Waals surface area contributed by atoms with Crippen LogP contribution < -0.4 is 15.5 Å². The molecule has 4 rings (SSSR count). The van der Waals surface area contributed by atoms with Crippen LogP contribution in [0.25, 0.3) is 0 Å². The van der Waals surface area contributed by atoms with Crippen molar-refractivity contribution in [2.75, 3.05) is 25.0 Å². The summed E-state index contributed by atoms with van der Waals surface area (Å²) in [6.45, 7) is 1.62. The van der Waals surface area contributed by atoms with E-state index < -0.39 is 0 Å². The molecule has 4 amide bonds. The summed E-state index contributed by atoms with van der Waals surface area (Å²) in [5, 5.41) is 5.73. The van der Waals surface area contributed by atoms with Crippen LogP contribution in [0.3, 0.4) is 0 Å². The number of rotatable bonds is 6. The molecule has 1 aliphatic heterocycles. The highest BCUT2D eigenvalue weighted by Crippen LogP contribution is 2.21. The van der Waals surface area contributed by atoms with Crippen LogP contribution in [0.4, 0.5) is 10.5 Å². The van der Waals surface area contributed by atoms with Gasteiger partial charge >= 0.3 is 6.03 Å². The predicted octanol–water partition coefficient (Wildman–Crippen LogP) is 2.38. The molecule has 2 N–H and O–H groups in total. The zero-order chi connectivity index (χ0) is 20.4. The fourth-order valence-electron chi connectivity index (χ4n) is 3.35. The lowest BCUT2D eigenvalue weighted by Crippen LogP contribution is -2.29. The first-order valence-corrected chi connectivity index (χ1v) is 9.82. The average Bonchev–Trinajstić information content (AvgIpc) is 3.44. The molecule has 1 heterocycles. The van der Waals surface area contributed by atoms with Gasteiger partial charge in [0.1, 0.15) is 0 Å². The lowest BCUT2D eigenvalue weighted by molar-refractivity contribution is 0.0784. The van der Waals surface area contributed by atoms with Crippen LogP contribution in [0.15, 0.2) is 48.5 Å². The number of urea groups is 1. The number of nitrogens with zero attached hydrogens (tertiary/aromatic N) is 2. The maximum atomic E-state index is 12.8. The molecule has 0 atom stereocenters. The molecule has 1 saturated heterocycles. The van der Waals surface area contributed by atoms with Crippen LogP contribution in [-0.4, -0.2) is 48.9 Å². The minimum absolute atomic E-state index is 0.0498. The smallest absolute Gasteiger partial charge is 0.321 e. The van der Waals surface area contributed by atoms with E-state index in [-0.39, 0.29) is 17.8 Å². The van der Waals surface area contributed by atoms with Crippen LogP contribution in [0, 0.1) is 0 Å². The van der Waals surface area contributed by atoms with Gasteiger partial charge in [-0.05, 0) is 48.7 Å². The van der Waals surface area contributed by atoms with Gasteiger partial charge in [-0.3, -0.25) is 14.5 Å². The zero-order valence-electron chi connectivity index (χ0n) is 16.4. The van der Waals surface area contributed by atoms with E-state index in [1.165, 1.54) is 0 Å². The molecular formula is C22H24N4O3. The van der Waals surface area contributed by atoms with Gasteiger partial charge in [-0.2, -0.15) is 0 Å². The van der Waals surface area contributed by atoms with Crippen LogP contribution in [0.2, 0.25) is 0 Å². The monoisotopic (exact) mass is 392 g/mol. The van der Waals surface area contributed by atoms with E-state index >= 15 is 0 Å². The van der Waals surface area contributed by atoms with E-state index in [0.717, 1.165) is 18.4 Å². The van der Waals surface area contributed by atoms with Gasteiger partial charge in [-0.25, -0.2) is 4.79 Å². The lowest BCUT2D eigenvalue weighted by atomic mass is 10.1. The number of anilines is 1. The normalized spacial score (nSPS) is 15.8. The first-order valence-electron chi connectivity index (χ1n) is 9.82. The molecular weight excluding hydrogens is 368 g/mol. The molecule has 2 fully saturated rings. The van der Waals surface area contributed by atoms with Crippen molar-refractivity contribution in [2.45, 2.75) is 25.4 Å². The van der Waals surface area contributed by atoms with Crippen molar-refractivity contribution in [3.63, 3.8) is 0 Å². The van der Waals surface area contributed by atoms with Gasteiger partial charge in [0.05, 0.1) is 0 Å². The Balaban J connectivity index is 1.40. The second-order valence-electron chi connectivity index (χ2n) is 7.54. The molecule has 0 spiro atoms. The third-order valence-electron chi connectivity index (χ3n) is 5.16. The molecule has 0 radical (unpaired) electrons. The summed E-state index contributed by atoms with van der Waals surface area (Å²) in [6.07, 6.45) is 2.11. The van der Waals surface area contributed by atoms with E-state index in [1.807, 2.05) is 18.2 Å². The van der Waals surface area contributed by atoms with E-state index in [9.17, 15) is 14.4 Å². The van der Waals surface area contributed by atoms with Crippen LogP contribution in [-0.2, 0) is 6.54 Å². The van der Waals surface area contributed by atoms with Gasteiger partial charge in [-0.1, -0.05) is 18.2 Å². The Bertz CT molecular complexity index is 937. The Morgan fingerprint density at radius 3 is 2.55 bits per heavy atom. The number of amides is 4. The highest BCUT2D eigenvalue weighted by Gasteiger charge is 2.24. The molecule has 0 unspecified atom stereocenters. The molecule has 2 aromatic carbocycles. The number of benzene rings is 2. The van der Waals surface area contributed by atoms with Crippen molar-refractivity contribution in [3.8, 4) is 0 Å². The minimum atomic E-state index is -0.145. The highest BCUT2D eigenvalue weighted by molar-refractivity contribution is 5.98. The van der Waals surface area contributed by atoms with Gasteiger partial charge < -0.3 is 15.5 Å². The predicted molar refractivity (Wildman–Crippen MR) is 110 cm³/mol. The third-order valence-corrected chi connectivity index (χ3v) is 5.16. The Hall–Kier alpha value is -3.35. The Morgan fingerprint density at radius 2 is 1.90 bits per heavy atom. The fraction of sp³-hybridized carbons (Fsp3) is 0.318. The minimum Gasteiger partial charge on any atom is -0.349 e. The summed E-state index contributed by atoms with van der Waals surface area (Å²) < 4.78 is 0. The van der Waals surface area contributed by atoms with Gasteiger partial charge in [0, 0.05) is 49.5 Å². The second-order valence-corrected chi connectivity index (χ2v) is 7.54. The van der Waals surface area contributed by atoms with Crippen LogP contribution in [0.5, 0.6) is 0 Å². The summed E-state index contributed by atoms with van der Waals surface area (Å²) >= 11 is 0. The average molecular weight is 392 g/mol. The molecule has 0 aromatic heterocycles.